The summed E-state index contributed by atoms with van der Waals surface area (Å²) in [5, 5.41) is 1.12. The number of H-pyrrole nitrogens is 1. The minimum absolute atomic E-state index is 0.387. The number of benzene rings is 1. The van der Waals surface area contributed by atoms with Crippen LogP contribution in [-0.2, 0) is 0 Å². The zero-order valence-corrected chi connectivity index (χ0v) is 11.2. The van der Waals surface area contributed by atoms with E-state index < -0.39 is 0 Å². The molecule has 2 heterocycles. The van der Waals surface area contributed by atoms with E-state index >= 15 is 0 Å². The molecule has 0 aliphatic rings. The fraction of sp³-hybridized carbons (Fsp3) is 0.400. The standard InChI is InChI=1S/C15H18N2O/c1-8(2)10-5-6-11-12(7-10)18-15-13(11)16-14(17-15)9(3)4/h5-9H,1-4H3,(H,16,17). The van der Waals surface area contributed by atoms with Crippen molar-refractivity contribution in [3.05, 3.63) is 29.6 Å². The summed E-state index contributed by atoms with van der Waals surface area (Å²) in [5.74, 6) is 1.88. The van der Waals surface area contributed by atoms with Gasteiger partial charge in [0.15, 0.2) is 0 Å². The molecule has 0 saturated carbocycles. The van der Waals surface area contributed by atoms with Crippen LogP contribution in [0.4, 0.5) is 0 Å². The lowest BCUT2D eigenvalue weighted by molar-refractivity contribution is 0.649. The molecule has 0 radical (unpaired) electrons. The van der Waals surface area contributed by atoms with Crippen LogP contribution in [0.5, 0.6) is 0 Å². The number of nitrogens with zero attached hydrogens (tertiary/aromatic N) is 1. The van der Waals surface area contributed by atoms with Crippen LogP contribution < -0.4 is 0 Å². The summed E-state index contributed by atoms with van der Waals surface area (Å²) in [5.41, 5.74) is 3.95. The molecule has 18 heavy (non-hydrogen) atoms. The van der Waals surface area contributed by atoms with Crippen molar-refractivity contribution in [3.63, 3.8) is 0 Å². The average Bonchev–Trinajstić information content (AvgIpc) is 2.84. The second-order valence-corrected chi connectivity index (χ2v) is 5.47. The predicted molar refractivity (Wildman–Crippen MR) is 74.0 cm³/mol. The summed E-state index contributed by atoms with van der Waals surface area (Å²) < 4.78 is 5.83. The van der Waals surface area contributed by atoms with Gasteiger partial charge in [0.2, 0.25) is 5.71 Å². The van der Waals surface area contributed by atoms with Crippen LogP contribution in [0.15, 0.2) is 22.6 Å². The topological polar surface area (TPSA) is 41.8 Å². The highest BCUT2D eigenvalue weighted by Gasteiger charge is 2.14. The van der Waals surface area contributed by atoms with Crippen molar-refractivity contribution in [2.75, 3.05) is 0 Å². The normalized spacial score (nSPS) is 12.3. The molecule has 3 rings (SSSR count). The molecule has 0 atom stereocenters. The third kappa shape index (κ3) is 1.62. The van der Waals surface area contributed by atoms with Gasteiger partial charge in [-0.1, -0.05) is 33.8 Å². The molecule has 1 aromatic carbocycles. The van der Waals surface area contributed by atoms with Gasteiger partial charge in [0.25, 0.3) is 0 Å². The molecule has 0 unspecified atom stereocenters. The van der Waals surface area contributed by atoms with Crippen LogP contribution in [0.1, 0.15) is 50.9 Å². The van der Waals surface area contributed by atoms with Crippen LogP contribution in [0.3, 0.4) is 0 Å². The summed E-state index contributed by atoms with van der Waals surface area (Å²) in [7, 11) is 0. The van der Waals surface area contributed by atoms with Gasteiger partial charge >= 0.3 is 0 Å². The minimum atomic E-state index is 0.387. The molecule has 0 aliphatic carbocycles. The van der Waals surface area contributed by atoms with Crippen molar-refractivity contribution in [2.24, 2.45) is 0 Å². The molecule has 1 N–H and O–H groups in total. The van der Waals surface area contributed by atoms with Crippen molar-refractivity contribution < 1.29 is 4.42 Å². The highest BCUT2D eigenvalue weighted by molar-refractivity contribution is 6.01. The summed E-state index contributed by atoms with van der Waals surface area (Å²) in [4.78, 5) is 7.86. The van der Waals surface area contributed by atoms with Gasteiger partial charge in [-0.2, -0.15) is 4.98 Å². The van der Waals surface area contributed by atoms with E-state index in [-0.39, 0.29) is 0 Å². The van der Waals surface area contributed by atoms with E-state index in [9.17, 15) is 0 Å². The van der Waals surface area contributed by atoms with E-state index in [0.717, 1.165) is 28.0 Å². The Morgan fingerprint density at radius 3 is 2.56 bits per heavy atom. The number of hydrogen-bond donors (Lipinski definition) is 1. The quantitative estimate of drug-likeness (QED) is 0.716. The molecule has 94 valence electrons. The number of aromatic nitrogens is 2. The maximum absolute atomic E-state index is 5.83. The monoisotopic (exact) mass is 242 g/mol. The Labute approximate surface area is 106 Å². The zero-order valence-electron chi connectivity index (χ0n) is 11.2. The van der Waals surface area contributed by atoms with E-state index in [1.807, 2.05) is 0 Å². The third-order valence-electron chi connectivity index (χ3n) is 3.38. The molecular formula is C15H18N2O. The van der Waals surface area contributed by atoms with Crippen molar-refractivity contribution in [1.82, 2.24) is 9.97 Å². The first kappa shape index (κ1) is 11.3. The Kier molecular flexibility index (Phi) is 2.44. The van der Waals surface area contributed by atoms with Crippen LogP contribution in [0.2, 0.25) is 0 Å². The third-order valence-corrected chi connectivity index (χ3v) is 3.38. The summed E-state index contributed by atoms with van der Waals surface area (Å²) in [6, 6.07) is 6.40. The van der Waals surface area contributed by atoms with Gasteiger partial charge in [-0.05, 0) is 23.6 Å². The molecule has 3 heteroatoms. The van der Waals surface area contributed by atoms with Crippen molar-refractivity contribution in [1.29, 1.82) is 0 Å². The first-order valence-corrected chi connectivity index (χ1v) is 6.48. The lowest BCUT2D eigenvalue weighted by Gasteiger charge is -2.03. The Morgan fingerprint density at radius 1 is 1.11 bits per heavy atom. The van der Waals surface area contributed by atoms with E-state index in [1.165, 1.54) is 5.56 Å². The number of aromatic amines is 1. The molecule has 0 amide bonds. The van der Waals surface area contributed by atoms with Gasteiger partial charge < -0.3 is 9.40 Å². The van der Waals surface area contributed by atoms with Gasteiger partial charge in [-0.3, -0.25) is 0 Å². The van der Waals surface area contributed by atoms with E-state index in [2.05, 4.69) is 55.9 Å². The molecule has 0 saturated heterocycles. The Morgan fingerprint density at radius 2 is 1.89 bits per heavy atom. The van der Waals surface area contributed by atoms with Crippen LogP contribution in [0, 0.1) is 0 Å². The first-order valence-electron chi connectivity index (χ1n) is 6.48. The smallest absolute Gasteiger partial charge is 0.245 e. The minimum Gasteiger partial charge on any atom is -0.436 e. The number of rotatable bonds is 2. The Hall–Kier alpha value is -1.77. The lowest BCUT2D eigenvalue weighted by Crippen LogP contribution is -1.89. The van der Waals surface area contributed by atoms with E-state index in [0.29, 0.717) is 11.8 Å². The van der Waals surface area contributed by atoms with Gasteiger partial charge in [0.1, 0.15) is 16.9 Å². The number of hydrogen-bond acceptors (Lipinski definition) is 2. The maximum Gasteiger partial charge on any atom is 0.245 e. The predicted octanol–water partition coefficient (Wildman–Crippen LogP) is 4.56. The molecular weight excluding hydrogens is 224 g/mol. The van der Waals surface area contributed by atoms with E-state index in [1.54, 1.807) is 0 Å². The number of fused-ring (bicyclic) bond motifs is 3. The lowest BCUT2D eigenvalue weighted by atomic mass is 10.0. The van der Waals surface area contributed by atoms with Gasteiger partial charge in [-0.15, -0.1) is 0 Å². The van der Waals surface area contributed by atoms with Crippen molar-refractivity contribution >= 4 is 22.2 Å². The average molecular weight is 242 g/mol. The molecule has 0 aliphatic heterocycles. The fourth-order valence-corrected chi connectivity index (χ4v) is 2.20. The second kappa shape index (κ2) is 3.87. The summed E-state index contributed by atoms with van der Waals surface area (Å²) in [6.07, 6.45) is 0. The summed E-state index contributed by atoms with van der Waals surface area (Å²) in [6.45, 7) is 8.61. The first-order chi connectivity index (χ1) is 8.56. The fourth-order valence-electron chi connectivity index (χ4n) is 2.20. The summed E-state index contributed by atoms with van der Waals surface area (Å²) >= 11 is 0. The maximum atomic E-state index is 5.83. The molecule has 0 spiro atoms. The van der Waals surface area contributed by atoms with Crippen LogP contribution in [0.25, 0.3) is 22.2 Å². The molecule has 3 nitrogen and oxygen atoms in total. The van der Waals surface area contributed by atoms with Gasteiger partial charge in [0, 0.05) is 11.3 Å². The van der Waals surface area contributed by atoms with Crippen molar-refractivity contribution in [3.8, 4) is 0 Å². The van der Waals surface area contributed by atoms with Gasteiger partial charge in [-0.25, -0.2) is 0 Å². The van der Waals surface area contributed by atoms with Crippen molar-refractivity contribution in [2.45, 2.75) is 39.5 Å². The largest absolute Gasteiger partial charge is 0.436 e. The highest BCUT2D eigenvalue weighted by atomic mass is 16.3. The molecule has 3 aromatic rings. The van der Waals surface area contributed by atoms with E-state index in [4.69, 9.17) is 4.42 Å². The zero-order chi connectivity index (χ0) is 12.9. The van der Waals surface area contributed by atoms with Crippen LogP contribution >= 0.6 is 0 Å². The Balaban J connectivity index is 2.23. The molecule has 2 aromatic heterocycles. The second-order valence-electron chi connectivity index (χ2n) is 5.47. The molecule has 0 bridgehead atoms. The highest BCUT2D eigenvalue weighted by Crippen LogP contribution is 2.30. The number of nitrogens with one attached hydrogen (secondary N) is 1. The van der Waals surface area contributed by atoms with Gasteiger partial charge in [0.05, 0.1) is 0 Å². The SMILES string of the molecule is CC(C)c1ccc2c(c1)oc1nc(C(C)C)[nH]c12. The number of furan rings is 1. The number of imidazole rings is 1. The Bertz CT molecular complexity index is 694. The molecule has 0 fully saturated rings. The van der Waals surface area contributed by atoms with Crippen LogP contribution in [-0.4, -0.2) is 9.97 Å².